The van der Waals surface area contributed by atoms with Crippen LogP contribution in [0.25, 0.3) is 0 Å². The number of aromatic nitrogens is 1. The largest absolute Gasteiger partial charge is 0.493 e. The Morgan fingerprint density at radius 2 is 1.64 bits per heavy atom. The molecule has 33 heavy (non-hydrogen) atoms. The Morgan fingerprint density at radius 3 is 2.27 bits per heavy atom. The molecule has 176 valence electrons. The first kappa shape index (κ1) is 23.5. The maximum absolute atomic E-state index is 13.2. The molecule has 0 atom stereocenters. The van der Waals surface area contributed by atoms with Gasteiger partial charge in [-0.2, -0.15) is 4.31 Å². The van der Waals surface area contributed by atoms with Crippen molar-refractivity contribution in [1.29, 1.82) is 0 Å². The first-order valence-electron chi connectivity index (χ1n) is 10.8. The number of piperazine rings is 1. The molecule has 0 amide bonds. The Morgan fingerprint density at radius 1 is 0.970 bits per heavy atom. The Balaban J connectivity index is 1.43. The van der Waals surface area contributed by atoms with Gasteiger partial charge in [0.2, 0.25) is 10.0 Å². The number of thiazole rings is 1. The van der Waals surface area contributed by atoms with Gasteiger partial charge in [0.25, 0.3) is 0 Å². The second-order valence-electron chi connectivity index (χ2n) is 8.08. The number of rotatable bonds is 7. The molecule has 0 spiro atoms. The molecule has 1 aliphatic heterocycles. The summed E-state index contributed by atoms with van der Waals surface area (Å²) in [7, 11) is -0.595. The number of benzene rings is 2. The fraction of sp³-hybridized carbons (Fsp3) is 0.375. The van der Waals surface area contributed by atoms with E-state index in [9.17, 15) is 8.42 Å². The molecule has 0 radical (unpaired) electrons. The normalized spacial score (nSPS) is 15.0. The topological polar surface area (TPSA) is 72.0 Å². The third-order valence-electron chi connectivity index (χ3n) is 6.04. The quantitative estimate of drug-likeness (QED) is 0.504. The van der Waals surface area contributed by atoms with Gasteiger partial charge in [-0.3, -0.25) is 0 Å². The Bertz CT molecular complexity index is 1210. The van der Waals surface area contributed by atoms with Crippen LogP contribution in [0.2, 0.25) is 0 Å². The predicted molar refractivity (Wildman–Crippen MR) is 131 cm³/mol. The molecule has 4 rings (SSSR count). The van der Waals surface area contributed by atoms with Crippen LogP contribution in [0.4, 0.5) is 5.13 Å². The molecule has 0 aliphatic carbocycles. The maximum Gasteiger partial charge on any atom is 0.243 e. The number of methoxy groups -OCH3 is 2. The van der Waals surface area contributed by atoms with E-state index in [-0.39, 0.29) is 4.90 Å². The van der Waals surface area contributed by atoms with E-state index >= 15 is 0 Å². The lowest BCUT2D eigenvalue weighted by Crippen LogP contribution is -2.48. The van der Waals surface area contributed by atoms with Gasteiger partial charge < -0.3 is 14.4 Å². The number of anilines is 1. The van der Waals surface area contributed by atoms with Crippen molar-refractivity contribution in [3.05, 3.63) is 64.2 Å². The minimum Gasteiger partial charge on any atom is -0.493 e. The van der Waals surface area contributed by atoms with Crippen molar-refractivity contribution >= 4 is 26.5 Å². The number of hydrogen-bond donors (Lipinski definition) is 0. The molecule has 1 aliphatic rings. The van der Waals surface area contributed by atoms with Gasteiger partial charge in [-0.15, -0.1) is 11.3 Å². The molecule has 0 N–H and O–H groups in total. The third-order valence-corrected chi connectivity index (χ3v) is 8.89. The summed E-state index contributed by atoms with van der Waals surface area (Å²) < 4.78 is 38.3. The molecule has 1 aromatic heterocycles. The number of ether oxygens (including phenoxy) is 2. The molecule has 2 aromatic carbocycles. The third kappa shape index (κ3) is 4.85. The van der Waals surface area contributed by atoms with Gasteiger partial charge in [-0.05, 0) is 42.7 Å². The lowest BCUT2D eigenvalue weighted by molar-refractivity contribution is 0.353. The predicted octanol–water partition coefficient (Wildman–Crippen LogP) is 3.88. The van der Waals surface area contributed by atoms with E-state index in [0.29, 0.717) is 37.7 Å². The van der Waals surface area contributed by atoms with Crippen LogP contribution in [0, 0.1) is 13.8 Å². The molecule has 0 saturated carbocycles. The number of nitrogens with zero attached hydrogens (tertiary/aromatic N) is 3. The van der Waals surface area contributed by atoms with Crippen LogP contribution in [-0.4, -0.2) is 58.1 Å². The summed E-state index contributed by atoms with van der Waals surface area (Å²) >= 11 is 1.62. The van der Waals surface area contributed by atoms with Gasteiger partial charge in [-0.1, -0.05) is 18.2 Å². The van der Waals surface area contributed by atoms with E-state index in [1.807, 2.05) is 0 Å². The van der Waals surface area contributed by atoms with Gasteiger partial charge in [0.1, 0.15) is 0 Å². The molecule has 7 nitrogen and oxygen atoms in total. The highest BCUT2D eigenvalue weighted by molar-refractivity contribution is 7.89. The summed E-state index contributed by atoms with van der Waals surface area (Å²) in [5.41, 5.74) is 4.92. The average molecular weight is 488 g/mol. The summed E-state index contributed by atoms with van der Waals surface area (Å²) in [6.07, 6.45) is 0.808. The van der Waals surface area contributed by atoms with Crippen molar-refractivity contribution in [2.75, 3.05) is 45.3 Å². The van der Waals surface area contributed by atoms with E-state index in [1.165, 1.54) is 41.3 Å². The van der Waals surface area contributed by atoms with E-state index in [2.05, 4.69) is 42.3 Å². The van der Waals surface area contributed by atoms with Crippen molar-refractivity contribution in [3.63, 3.8) is 0 Å². The molecule has 1 saturated heterocycles. The second-order valence-corrected chi connectivity index (χ2v) is 10.9. The van der Waals surface area contributed by atoms with E-state index < -0.39 is 10.0 Å². The van der Waals surface area contributed by atoms with Crippen molar-refractivity contribution in [1.82, 2.24) is 9.29 Å². The van der Waals surface area contributed by atoms with Crippen LogP contribution in [0.1, 0.15) is 22.4 Å². The van der Waals surface area contributed by atoms with Crippen molar-refractivity contribution in [2.45, 2.75) is 25.2 Å². The summed E-state index contributed by atoms with van der Waals surface area (Å²) in [4.78, 5) is 7.22. The van der Waals surface area contributed by atoms with Crippen molar-refractivity contribution in [2.24, 2.45) is 0 Å². The zero-order valence-electron chi connectivity index (χ0n) is 19.4. The zero-order chi connectivity index (χ0) is 23.6. The van der Waals surface area contributed by atoms with Crippen LogP contribution < -0.4 is 14.4 Å². The van der Waals surface area contributed by atoms with Gasteiger partial charge >= 0.3 is 0 Å². The zero-order valence-corrected chi connectivity index (χ0v) is 21.0. The summed E-state index contributed by atoms with van der Waals surface area (Å²) in [6, 6.07) is 11.0. The lowest BCUT2D eigenvalue weighted by Gasteiger charge is -2.33. The van der Waals surface area contributed by atoms with Crippen LogP contribution in [0.5, 0.6) is 11.5 Å². The second kappa shape index (κ2) is 9.70. The highest BCUT2D eigenvalue weighted by Gasteiger charge is 2.30. The summed E-state index contributed by atoms with van der Waals surface area (Å²) in [5.74, 6) is 0.901. The molecule has 1 fully saturated rings. The molecule has 3 aromatic rings. The Hall–Kier alpha value is -2.62. The average Bonchev–Trinajstić information content (AvgIpc) is 3.30. The van der Waals surface area contributed by atoms with Crippen LogP contribution in [-0.2, 0) is 16.4 Å². The Labute approximate surface area is 199 Å². The number of hydrogen-bond acceptors (Lipinski definition) is 7. The molecular weight excluding hydrogens is 458 g/mol. The first-order chi connectivity index (χ1) is 15.8. The molecule has 0 bridgehead atoms. The minimum absolute atomic E-state index is 0.207. The van der Waals surface area contributed by atoms with Gasteiger partial charge in [0, 0.05) is 44.0 Å². The highest BCUT2D eigenvalue weighted by atomic mass is 32.2. The molecule has 9 heteroatoms. The van der Waals surface area contributed by atoms with E-state index in [0.717, 1.165) is 17.2 Å². The first-order valence-corrected chi connectivity index (χ1v) is 13.1. The highest BCUT2D eigenvalue weighted by Crippen LogP contribution is 2.31. The van der Waals surface area contributed by atoms with Crippen LogP contribution >= 0.6 is 11.3 Å². The van der Waals surface area contributed by atoms with Crippen molar-refractivity contribution < 1.29 is 17.9 Å². The Kier molecular flexibility index (Phi) is 6.92. The van der Waals surface area contributed by atoms with Crippen LogP contribution in [0.15, 0.2) is 46.7 Å². The summed E-state index contributed by atoms with van der Waals surface area (Å²) in [6.45, 7) is 6.28. The molecule has 2 heterocycles. The van der Waals surface area contributed by atoms with E-state index in [1.54, 1.807) is 23.5 Å². The van der Waals surface area contributed by atoms with Gasteiger partial charge in [-0.25, -0.2) is 13.4 Å². The van der Waals surface area contributed by atoms with E-state index in [4.69, 9.17) is 14.5 Å². The fourth-order valence-corrected chi connectivity index (χ4v) is 6.39. The SMILES string of the molecule is COc1ccc(S(=O)(=O)N2CCN(c3nc(Cc4c(C)cccc4C)cs3)CC2)cc1OC. The van der Waals surface area contributed by atoms with Crippen molar-refractivity contribution in [3.8, 4) is 11.5 Å². The summed E-state index contributed by atoms with van der Waals surface area (Å²) in [5, 5.41) is 3.05. The smallest absolute Gasteiger partial charge is 0.243 e. The molecule has 0 unspecified atom stereocenters. The fourth-order valence-electron chi connectivity index (χ4n) is 4.08. The standard InChI is InChI=1S/C24H29N3O4S2/c1-17-6-5-7-18(2)21(17)14-19-16-32-24(25-19)26-10-12-27(13-11-26)33(28,29)20-8-9-22(30-3)23(15-20)31-4/h5-9,15-16H,10-14H2,1-4H3. The number of aryl methyl sites for hydroxylation is 2. The molecular formula is C24H29N3O4S2. The lowest BCUT2D eigenvalue weighted by atomic mass is 9.99. The van der Waals surface area contributed by atoms with Gasteiger partial charge in [0.15, 0.2) is 16.6 Å². The van der Waals surface area contributed by atoms with Crippen LogP contribution in [0.3, 0.4) is 0 Å². The monoisotopic (exact) mass is 487 g/mol. The minimum atomic E-state index is -3.62. The number of sulfonamides is 1. The maximum atomic E-state index is 13.2. The van der Waals surface area contributed by atoms with Gasteiger partial charge in [0.05, 0.1) is 24.8 Å².